The molecule has 0 radical (unpaired) electrons. The van der Waals surface area contributed by atoms with E-state index in [0.29, 0.717) is 5.69 Å². The van der Waals surface area contributed by atoms with Gasteiger partial charge in [-0.05, 0) is 42.5 Å². The number of rotatable bonds is 8. The summed E-state index contributed by atoms with van der Waals surface area (Å²) in [5, 5.41) is 5.14. The van der Waals surface area contributed by atoms with Crippen LogP contribution in [-0.4, -0.2) is 32.1 Å². The van der Waals surface area contributed by atoms with E-state index >= 15 is 0 Å². The second kappa shape index (κ2) is 10.1. The van der Waals surface area contributed by atoms with Gasteiger partial charge in [0.25, 0.3) is 5.91 Å². The third-order valence-corrected chi connectivity index (χ3v) is 4.04. The second-order valence-corrected chi connectivity index (χ2v) is 6.73. The summed E-state index contributed by atoms with van der Waals surface area (Å²) in [4.78, 5) is 24.3. The highest BCUT2D eigenvalue weighted by Gasteiger charge is 2.31. The molecule has 30 heavy (non-hydrogen) atoms. The predicted octanol–water partition coefficient (Wildman–Crippen LogP) is 4.58. The largest absolute Gasteiger partial charge is 0.489 e. The van der Waals surface area contributed by atoms with Crippen LogP contribution in [0.1, 0.15) is 29.8 Å². The van der Waals surface area contributed by atoms with Crippen LogP contribution in [0.15, 0.2) is 42.5 Å². The maximum absolute atomic E-state index is 13.1. The van der Waals surface area contributed by atoms with Crippen LogP contribution in [-0.2, 0) is 15.7 Å². The van der Waals surface area contributed by atoms with E-state index in [2.05, 4.69) is 10.6 Å². The van der Waals surface area contributed by atoms with Crippen molar-refractivity contribution in [2.24, 2.45) is 5.92 Å². The normalized spacial score (nSPS) is 11.3. The second-order valence-electron chi connectivity index (χ2n) is 6.73. The number of halogens is 3. The van der Waals surface area contributed by atoms with Crippen molar-refractivity contribution in [3.63, 3.8) is 0 Å². The maximum Gasteiger partial charge on any atom is 0.416 e. The molecule has 0 saturated carbocycles. The third-order valence-electron chi connectivity index (χ3n) is 4.04. The van der Waals surface area contributed by atoms with Crippen molar-refractivity contribution in [1.29, 1.82) is 0 Å². The number of hydrogen-bond donors (Lipinski definition) is 2. The molecule has 0 heterocycles. The molecule has 2 rings (SSSR count). The van der Waals surface area contributed by atoms with Crippen LogP contribution in [0.3, 0.4) is 0 Å². The minimum atomic E-state index is -4.57. The standard InChI is InChI=1S/C21H23F3N2O4/c1-13(2)19(27)25-16-7-4-14(5-8-16)20(28)26-17-12-15(21(22,23)24)6-9-18(17)30-11-10-29-3/h4-9,12-13H,10-11H2,1-3H3,(H,25,27)(H,26,28). The zero-order chi connectivity index (χ0) is 22.3. The van der Waals surface area contributed by atoms with Gasteiger partial charge in [0.2, 0.25) is 5.91 Å². The van der Waals surface area contributed by atoms with Gasteiger partial charge in [0.05, 0.1) is 17.9 Å². The Morgan fingerprint density at radius 1 is 1.00 bits per heavy atom. The van der Waals surface area contributed by atoms with Gasteiger partial charge < -0.3 is 20.1 Å². The Labute approximate surface area is 172 Å². The van der Waals surface area contributed by atoms with E-state index in [0.717, 1.165) is 18.2 Å². The molecule has 2 N–H and O–H groups in total. The number of alkyl halides is 3. The molecule has 0 atom stereocenters. The van der Waals surface area contributed by atoms with Crippen LogP contribution in [0.2, 0.25) is 0 Å². The molecule has 0 aromatic heterocycles. The van der Waals surface area contributed by atoms with Gasteiger partial charge in [-0.3, -0.25) is 9.59 Å². The highest BCUT2D eigenvalue weighted by molar-refractivity contribution is 6.05. The minimum Gasteiger partial charge on any atom is -0.489 e. The summed E-state index contributed by atoms with van der Waals surface area (Å²) >= 11 is 0. The molecule has 0 aliphatic rings. The van der Waals surface area contributed by atoms with Crippen molar-refractivity contribution >= 4 is 23.2 Å². The molecule has 0 fully saturated rings. The molecule has 162 valence electrons. The van der Waals surface area contributed by atoms with Crippen LogP contribution in [0.4, 0.5) is 24.5 Å². The van der Waals surface area contributed by atoms with Gasteiger partial charge in [0, 0.05) is 24.3 Å². The zero-order valence-corrected chi connectivity index (χ0v) is 16.8. The summed E-state index contributed by atoms with van der Waals surface area (Å²) in [5.41, 5.74) is -0.308. The summed E-state index contributed by atoms with van der Waals surface area (Å²) in [6, 6.07) is 8.85. The average Bonchev–Trinajstić information content (AvgIpc) is 2.68. The molecule has 2 amide bonds. The molecule has 0 aliphatic heterocycles. The van der Waals surface area contributed by atoms with Gasteiger partial charge in [-0.25, -0.2) is 0 Å². The summed E-state index contributed by atoms with van der Waals surface area (Å²) < 4.78 is 49.5. The van der Waals surface area contributed by atoms with Gasteiger partial charge in [-0.1, -0.05) is 13.8 Å². The molecule has 0 unspecified atom stereocenters. The lowest BCUT2D eigenvalue weighted by atomic mass is 10.1. The summed E-state index contributed by atoms with van der Waals surface area (Å²) in [7, 11) is 1.46. The Balaban J connectivity index is 2.20. The first-order valence-electron chi connectivity index (χ1n) is 9.17. The van der Waals surface area contributed by atoms with Crippen molar-refractivity contribution in [1.82, 2.24) is 0 Å². The van der Waals surface area contributed by atoms with Crippen LogP contribution in [0, 0.1) is 5.92 Å². The Morgan fingerprint density at radius 3 is 2.23 bits per heavy atom. The van der Waals surface area contributed by atoms with E-state index in [1.807, 2.05) is 0 Å². The van der Waals surface area contributed by atoms with Crippen molar-refractivity contribution in [2.45, 2.75) is 20.0 Å². The van der Waals surface area contributed by atoms with Crippen LogP contribution in [0.25, 0.3) is 0 Å². The van der Waals surface area contributed by atoms with Crippen LogP contribution in [0.5, 0.6) is 5.75 Å². The highest BCUT2D eigenvalue weighted by atomic mass is 19.4. The average molecular weight is 424 g/mol. The van der Waals surface area contributed by atoms with E-state index in [1.165, 1.54) is 31.4 Å². The van der Waals surface area contributed by atoms with E-state index < -0.39 is 17.6 Å². The molecule has 2 aromatic rings. The van der Waals surface area contributed by atoms with E-state index in [1.54, 1.807) is 13.8 Å². The number of carbonyl (C=O) groups is 2. The lowest BCUT2D eigenvalue weighted by Gasteiger charge is -2.15. The number of benzene rings is 2. The Kier molecular flexibility index (Phi) is 7.82. The summed E-state index contributed by atoms with van der Waals surface area (Å²) in [6.45, 7) is 3.84. The number of carbonyl (C=O) groups excluding carboxylic acids is 2. The van der Waals surface area contributed by atoms with Crippen molar-refractivity contribution in [2.75, 3.05) is 31.0 Å². The Bertz CT molecular complexity index is 881. The first-order valence-corrected chi connectivity index (χ1v) is 9.17. The van der Waals surface area contributed by atoms with Crippen LogP contribution < -0.4 is 15.4 Å². The molecule has 9 heteroatoms. The van der Waals surface area contributed by atoms with Crippen molar-refractivity contribution in [3.8, 4) is 5.75 Å². The number of nitrogens with one attached hydrogen (secondary N) is 2. The first-order chi connectivity index (χ1) is 14.1. The molecule has 0 saturated heterocycles. The van der Waals surface area contributed by atoms with E-state index in [9.17, 15) is 22.8 Å². The molecular weight excluding hydrogens is 401 g/mol. The smallest absolute Gasteiger partial charge is 0.416 e. The monoisotopic (exact) mass is 424 g/mol. The van der Waals surface area contributed by atoms with Crippen LogP contribution >= 0.6 is 0 Å². The fraction of sp³-hybridized carbons (Fsp3) is 0.333. The predicted molar refractivity (Wildman–Crippen MR) is 107 cm³/mol. The molecular formula is C21H23F3N2O4. The van der Waals surface area contributed by atoms with Gasteiger partial charge in [0.1, 0.15) is 12.4 Å². The van der Waals surface area contributed by atoms with E-state index in [4.69, 9.17) is 9.47 Å². The van der Waals surface area contributed by atoms with Crippen molar-refractivity contribution < 1.29 is 32.2 Å². The molecule has 0 aliphatic carbocycles. The molecule has 0 spiro atoms. The number of hydrogen-bond acceptors (Lipinski definition) is 4. The number of methoxy groups -OCH3 is 1. The minimum absolute atomic E-state index is 0.0919. The lowest BCUT2D eigenvalue weighted by Crippen LogP contribution is -2.18. The van der Waals surface area contributed by atoms with Gasteiger partial charge >= 0.3 is 6.18 Å². The molecule has 2 aromatic carbocycles. The maximum atomic E-state index is 13.1. The van der Waals surface area contributed by atoms with Gasteiger partial charge in [0.15, 0.2) is 0 Å². The highest BCUT2D eigenvalue weighted by Crippen LogP contribution is 2.35. The quantitative estimate of drug-likeness (QED) is 0.609. The third kappa shape index (κ3) is 6.48. The summed E-state index contributed by atoms with van der Waals surface area (Å²) in [5.74, 6) is -0.902. The zero-order valence-electron chi connectivity index (χ0n) is 16.8. The Morgan fingerprint density at radius 2 is 1.67 bits per heavy atom. The van der Waals surface area contributed by atoms with Crippen molar-refractivity contribution in [3.05, 3.63) is 53.6 Å². The first kappa shape index (κ1) is 23.2. The number of amides is 2. The Hall–Kier alpha value is -3.07. The SMILES string of the molecule is COCCOc1ccc(C(F)(F)F)cc1NC(=O)c1ccc(NC(=O)C(C)C)cc1. The number of ether oxygens (including phenoxy) is 2. The number of anilines is 2. The topological polar surface area (TPSA) is 76.7 Å². The fourth-order valence-corrected chi connectivity index (χ4v) is 2.35. The summed E-state index contributed by atoms with van der Waals surface area (Å²) in [6.07, 6.45) is -4.57. The molecule has 6 nitrogen and oxygen atoms in total. The van der Waals surface area contributed by atoms with Gasteiger partial charge in [-0.2, -0.15) is 13.2 Å². The van der Waals surface area contributed by atoms with E-state index in [-0.39, 0.29) is 42.0 Å². The fourth-order valence-electron chi connectivity index (χ4n) is 2.35. The van der Waals surface area contributed by atoms with Gasteiger partial charge in [-0.15, -0.1) is 0 Å². The molecule has 0 bridgehead atoms. The lowest BCUT2D eigenvalue weighted by molar-refractivity contribution is -0.137.